The highest BCUT2D eigenvalue weighted by atomic mass is 35.5. The number of carbonyl (C=O) groups excluding carboxylic acids is 2. The maximum Gasteiger partial charge on any atom is 0.306 e. The maximum absolute atomic E-state index is 11.9. The first-order valence-corrected chi connectivity index (χ1v) is 8.61. The van der Waals surface area contributed by atoms with Crippen molar-refractivity contribution >= 4 is 35.1 Å². The summed E-state index contributed by atoms with van der Waals surface area (Å²) in [6.07, 6.45) is 4.92. The summed E-state index contributed by atoms with van der Waals surface area (Å²) in [5.74, 6) is -0.232. The van der Waals surface area contributed by atoms with Gasteiger partial charge in [0.2, 0.25) is 0 Å². The van der Waals surface area contributed by atoms with Crippen LogP contribution < -0.4 is 5.32 Å². The lowest BCUT2D eigenvalue weighted by Crippen LogP contribution is -2.31. The van der Waals surface area contributed by atoms with E-state index in [0.717, 1.165) is 18.4 Å². The third kappa shape index (κ3) is 5.70. The van der Waals surface area contributed by atoms with Gasteiger partial charge >= 0.3 is 5.97 Å². The summed E-state index contributed by atoms with van der Waals surface area (Å²) in [4.78, 5) is 23.6. The second kappa shape index (κ2) is 8.55. The van der Waals surface area contributed by atoms with E-state index >= 15 is 0 Å². The van der Waals surface area contributed by atoms with E-state index in [1.165, 1.54) is 12.8 Å². The number of hydrogen-bond acceptors (Lipinski definition) is 3. The third-order valence-electron chi connectivity index (χ3n) is 4.10. The van der Waals surface area contributed by atoms with Gasteiger partial charge in [-0.25, -0.2) is 0 Å². The summed E-state index contributed by atoms with van der Waals surface area (Å²) in [6, 6.07) is 4.82. The molecule has 1 aliphatic rings. The number of carbonyl (C=O) groups is 2. The molecular formula is C17H21Cl2NO3. The molecule has 0 aliphatic heterocycles. The van der Waals surface area contributed by atoms with Crippen molar-refractivity contribution < 1.29 is 14.3 Å². The number of ether oxygens (including phenoxy) is 1. The predicted molar refractivity (Wildman–Crippen MR) is 90.6 cm³/mol. The highest BCUT2D eigenvalue weighted by Gasteiger charge is 2.20. The molecule has 6 heteroatoms. The Bertz CT molecular complexity index is 571. The standard InChI is InChI=1S/C17H21Cl2NO3/c1-11(14-7-6-13(18)9-15(14)19)20-16(21)10-23-17(22)8-12-4-2-3-5-12/h6-7,9,11-12H,2-5,8,10H2,1H3,(H,20,21)/t11-/m1/s1. The maximum atomic E-state index is 11.9. The third-order valence-corrected chi connectivity index (χ3v) is 4.66. The van der Waals surface area contributed by atoms with E-state index in [1.54, 1.807) is 18.2 Å². The SMILES string of the molecule is C[C@@H](NC(=O)COC(=O)CC1CCCC1)c1ccc(Cl)cc1Cl. The van der Waals surface area contributed by atoms with E-state index in [2.05, 4.69) is 5.32 Å². The van der Waals surface area contributed by atoms with Crippen LogP contribution >= 0.6 is 23.2 Å². The number of esters is 1. The molecule has 126 valence electrons. The zero-order chi connectivity index (χ0) is 16.8. The molecule has 0 saturated heterocycles. The fraction of sp³-hybridized carbons (Fsp3) is 0.529. The van der Waals surface area contributed by atoms with Crippen LogP contribution in [-0.4, -0.2) is 18.5 Å². The number of nitrogens with one attached hydrogen (secondary N) is 1. The van der Waals surface area contributed by atoms with Gasteiger partial charge in [0, 0.05) is 16.5 Å². The zero-order valence-electron chi connectivity index (χ0n) is 13.1. The quantitative estimate of drug-likeness (QED) is 0.772. The van der Waals surface area contributed by atoms with Crippen molar-refractivity contribution in [1.29, 1.82) is 0 Å². The molecule has 1 atom stereocenters. The minimum atomic E-state index is -0.344. The summed E-state index contributed by atoms with van der Waals surface area (Å²) >= 11 is 12.0. The molecule has 0 radical (unpaired) electrons. The molecule has 1 aliphatic carbocycles. The van der Waals surface area contributed by atoms with Crippen molar-refractivity contribution in [1.82, 2.24) is 5.32 Å². The molecule has 1 aromatic rings. The van der Waals surface area contributed by atoms with E-state index in [9.17, 15) is 9.59 Å². The summed E-state index contributed by atoms with van der Waals surface area (Å²) in [5.41, 5.74) is 0.765. The lowest BCUT2D eigenvalue weighted by Gasteiger charge is -2.16. The van der Waals surface area contributed by atoms with Gasteiger partial charge in [0.1, 0.15) is 0 Å². The van der Waals surface area contributed by atoms with Crippen molar-refractivity contribution in [2.75, 3.05) is 6.61 Å². The molecule has 0 spiro atoms. The molecule has 1 fully saturated rings. The Labute approximate surface area is 146 Å². The fourth-order valence-electron chi connectivity index (χ4n) is 2.87. The average molecular weight is 358 g/mol. The van der Waals surface area contributed by atoms with Gasteiger partial charge in [0.15, 0.2) is 6.61 Å². The first-order chi connectivity index (χ1) is 11.0. The van der Waals surface area contributed by atoms with E-state index in [0.29, 0.717) is 22.4 Å². The number of benzene rings is 1. The lowest BCUT2D eigenvalue weighted by molar-refractivity contribution is -0.149. The molecule has 4 nitrogen and oxygen atoms in total. The molecule has 0 bridgehead atoms. The number of hydrogen-bond donors (Lipinski definition) is 1. The molecule has 0 aromatic heterocycles. The van der Waals surface area contributed by atoms with E-state index in [-0.39, 0.29) is 24.5 Å². The van der Waals surface area contributed by atoms with Crippen molar-refractivity contribution in [3.05, 3.63) is 33.8 Å². The minimum absolute atomic E-state index is 0.263. The second-order valence-corrected chi connectivity index (χ2v) is 6.81. The fourth-order valence-corrected chi connectivity index (χ4v) is 3.44. The van der Waals surface area contributed by atoms with Crippen molar-refractivity contribution in [3.63, 3.8) is 0 Å². The van der Waals surface area contributed by atoms with Gasteiger partial charge in [-0.15, -0.1) is 0 Å². The van der Waals surface area contributed by atoms with Gasteiger partial charge in [-0.3, -0.25) is 9.59 Å². The molecule has 2 rings (SSSR count). The van der Waals surface area contributed by atoms with Crippen LogP contribution in [0.5, 0.6) is 0 Å². The first kappa shape index (κ1) is 18.1. The molecule has 1 amide bonds. The normalized spacial score (nSPS) is 16.1. The first-order valence-electron chi connectivity index (χ1n) is 7.85. The van der Waals surface area contributed by atoms with Crippen LogP contribution in [0.15, 0.2) is 18.2 Å². The summed E-state index contributed by atoms with van der Waals surface area (Å²) < 4.78 is 5.05. The van der Waals surface area contributed by atoms with E-state index < -0.39 is 0 Å². The van der Waals surface area contributed by atoms with Crippen LogP contribution in [0.4, 0.5) is 0 Å². The Morgan fingerprint density at radius 3 is 2.65 bits per heavy atom. The van der Waals surface area contributed by atoms with Crippen LogP contribution in [0, 0.1) is 5.92 Å². The van der Waals surface area contributed by atoms with E-state index in [4.69, 9.17) is 27.9 Å². The zero-order valence-corrected chi connectivity index (χ0v) is 14.6. The number of rotatable bonds is 6. The summed E-state index contributed by atoms with van der Waals surface area (Å²) in [5, 5.41) is 3.79. The van der Waals surface area contributed by atoms with Crippen molar-refractivity contribution in [2.45, 2.75) is 45.1 Å². The van der Waals surface area contributed by atoms with Crippen molar-refractivity contribution in [2.24, 2.45) is 5.92 Å². The molecule has 1 N–H and O–H groups in total. The molecule has 0 unspecified atom stereocenters. The summed E-state index contributed by atoms with van der Waals surface area (Å²) in [6.45, 7) is 1.55. The molecule has 23 heavy (non-hydrogen) atoms. The monoisotopic (exact) mass is 357 g/mol. The molecule has 1 aromatic carbocycles. The topological polar surface area (TPSA) is 55.4 Å². The van der Waals surface area contributed by atoms with Gasteiger partial charge < -0.3 is 10.1 Å². The molecular weight excluding hydrogens is 337 g/mol. The van der Waals surface area contributed by atoms with E-state index in [1.807, 2.05) is 6.92 Å². The Morgan fingerprint density at radius 1 is 1.30 bits per heavy atom. The smallest absolute Gasteiger partial charge is 0.306 e. The lowest BCUT2D eigenvalue weighted by atomic mass is 10.0. The van der Waals surface area contributed by atoms with Gasteiger partial charge in [-0.05, 0) is 43.4 Å². The van der Waals surface area contributed by atoms with Gasteiger partial charge in [-0.2, -0.15) is 0 Å². The van der Waals surface area contributed by atoms with Gasteiger partial charge in [-0.1, -0.05) is 42.1 Å². The van der Waals surface area contributed by atoms with Crippen LogP contribution in [0.1, 0.15) is 50.6 Å². The second-order valence-electron chi connectivity index (χ2n) is 5.97. The Hall–Kier alpha value is -1.26. The van der Waals surface area contributed by atoms with Crippen molar-refractivity contribution in [3.8, 4) is 0 Å². The Balaban J connectivity index is 1.76. The summed E-state index contributed by atoms with van der Waals surface area (Å²) in [7, 11) is 0. The molecule has 0 heterocycles. The van der Waals surface area contributed by atoms with Crippen LogP contribution in [0.25, 0.3) is 0 Å². The Kier molecular flexibility index (Phi) is 6.72. The number of halogens is 2. The highest BCUT2D eigenvalue weighted by Crippen LogP contribution is 2.28. The highest BCUT2D eigenvalue weighted by molar-refractivity contribution is 6.35. The number of amides is 1. The Morgan fingerprint density at radius 2 is 2.00 bits per heavy atom. The predicted octanol–water partition coefficient (Wildman–Crippen LogP) is 4.29. The van der Waals surface area contributed by atoms with Gasteiger partial charge in [0.05, 0.1) is 6.04 Å². The molecule has 1 saturated carbocycles. The van der Waals surface area contributed by atoms with Crippen LogP contribution in [-0.2, 0) is 14.3 Å². The van der Waals surface area contributed by atoms with Crippen LogP contribution in [0.3, 0.4) is 0 Å². The van der Waals surface area contributed by atoms with Crippen LogP contribution in [0.2, 0.25) is 10.0 Å². The minimum Gasteiger partial charge on any atom is -0.456 e. The largest absolute Gasteiger partial charge is 0.456 e. The van der Waals surface area contributed by atoms with Gasteiger partial charge in [0.25, 0.3) is 5.91 Å². The average Bonchev–Trinajstić information content (AvgIpc) is 2.97.